The van der Waals surface area contributed by atoms with Crippen molar-refractivity contribution >= 4 is 14.6 Å². The van der Waals surface area contributed by atoms with E-state index >= 15 is 0 Å². The average Bonchev–Trinajstić information content (AvgIpc) is 2.36. The summed E-state index contributed by atoms with van der Waals surface area (Å²) < 4.78 is 16.3. The summed E-state index contributed by atoms with van der Waals surface area (Å²) >= 11 is 0. The molecule has 94 valence electrons. The second-order valence-electron chi connectivity index (χ2n) is 3.74. The molecule has 0 atom stereocenters. The van der Waals surface area contributed by atoms with Gasteiger partial charge < -0.3 is 13.3 Å². The van der Waals surface area contributed by atoms with E-state index in [-0.39, 0.29) is 12.4 Å². The molecule has 1 rings (SSSR count). The van der Waals surface area contributed by atoms with E-state index in [0.29, 0.717) is 6.04 Å². The Kier molecular flexibility index (Phi) is 5.50. The molecule has 17 heavy (non-hydrogen) atoms. The van der Waals surface area contributed by atoms with Crippen LogP contribution in [0.25, 0.3) is 0 Å². The van der Waals surface area contributed by atoms with Crippen molar-refractivity contribution in [3.05, 3.63) is 35.9 Å². The maximum Gasteiger partial charge on any atom is 0.505 e. The predicted molar refractivity (Wildman–Crippen MR) is 66.6 cm³/mol. The number of ketones is 1. The van der Waals surface area contributed by atoms with E-state index in [2.05, 4.69) is 0 Å². The SMILES string of the molecule is CO[Si](Cc1ccccc1)(OC)OCC(C)=O. The van der Waals surface area contributed by atoms with Gasteiger partial charge in [0.05, 0.1) is 6.61 Å². The van der Waals surface area contributed by atoms with Crippen molar-refractivity contribution in [3.8, 4) is 0 Å². The lowest BCUT2D eigenvalue weighted by Gasteiger charge is -2.25. The summed E-state index contributed by atoms with van der Waals surface area (Å²) in [6.07, 6.45) is 0. The summed E-state index contributed by atoms with van der Waals surface area (Å²) in [5.74, 6) is -0.0379. The molecule has 0 bridgehead atoms. The van der Waals surface area contributed by atoms with Crippen molar-refractivity contribution < 1.29 is 18.1 Å². The molecule has 0 aliphatic rings. The largest absolute Gasteiger partial charge is 0.505 e. The van der Waals surface area contributed by atoms with Gasteiger partial charge in [-0.3, -0.25) is 4.79 Å². The third kappa shape index (κ3) is 4.39. The average molecular weight is 254 g/mol. The predicted octanol–water partition coefficient (Wildman–Crippen LogP) is 1.61. The monoisotopic (exact) mass is 254 g/mol. The van der Waals surface area contributed by atoms with Crippen molar-refractivity contribution in [1.82, 2.24) is 0 Å². The molecule has 0 saturated heterocycles. The topological polar surface area (TPSA) is 44.8 Å². The van der Waals surface area contributed by atoms with Gasteiger partial charge in [0.25, 0.3) is 0 Å². The minimum absolute atomic E-state index is 0.0285. The summed E-state index contributed by atoms with van der Waals surface area (Å²) in [6, 6.07) is 10.4. The molecule has 0 aliphatic carbocycles. The summed E-state index contributed by atoms with van der Waals surface area (Å²) in [6.45, 7) is 1.51. The third-order valence-electron chi connectivity index (χ3n) is 2.38. The zero-order chi connectivity index (χ0) is 12.7. The molecule has 0 aliphatic heterocycles. The summed E-state index contributed by atoms with van der Waals surface area (Å²) in [4.78, 5) is 11.0. The van der Waals surface area contributed by atoms with Gasteiger partial charge in [0.1, 0.15) is 0 Å². The minimum Gasteiger partial charge on any atom is -0.377 e. The van der Waals surface area contributed by atoms with E-state index in [9.17, 15) is 4.79 Å². The lowest BCUT2D eigenvalue weighted by atomic mass is 10.2. The molecule has 4 nitrogen and oxygen atoms in total. The molecule has 5 heteroatoms. The lowest BCUT2D eigenvalue weighted by molar-refractivity contribution is -0.120. The van der Waals surface area contributed by atoms with Crippen molar-refractivity contribution in [2.75, 3.05) is 20.8 Å². The molecule has 0 radical (unpaired) electrons. The van der Waals surface area contributed by atoms with Crippen LogP contribution >= 0.6 is 0 Å². The van der Waals surface area contributed by atoms with Crippen molar-refractivity contribution in [2.45, 2.75) is 13.0 Å². The molecule has 0 saturated carbocycles. The Labute approximate surface area is 103 Å². The quantitative estimate of drug-likeness (QED) is 0.693. The van der Waals surface area contributed by atoms with Crippen LogP contribution in [0.4, 0.5) is 0 Å². The van der Waals surface area contributed by atoms with Crippen molar-refractivity contribution in [1.29, 1.82) is 0 Å². The second-order valence-corrected chi connectivity index (χ2v) is 6.57. The third-order valence-corrected chi connectivity index (χ3v) is 5.05. The number of Topliss-reactive ketones (excluding diaryl/α,β-unsaturated/α-hetero) is 1. The van der Waals surface area contributed by atoms with E-state index in [1.807, 2.05) is 30.3 Å². The number of carbonyl (C=O) groups excluding carboxylic acids is 1. The van der Waals surface area contributed by atoms with Gasteiger partial charge in [0, 0.05) is 20.3 Å². The summed E-state index contributed by atoms with van der Waals surface area (Å²) in [5, 5.41) is 0. The fraction of sp³-hybridized carbons (Fsp3) is 0.417. The molecular weight excluding hydrogens is 236 g/mol. The molecular formula is C12H18O4Si. The van der Waals surface area contributed by atoms with Crippen LogP contribution in [0.3, 0.4) is 0 Å². The first-order valence-electron chi connectivity index (χ1n) is 5.39. The van der Waals surface area contributed by atoms with Gasteiger partial charge >= 0.3 is 8.80 Å². The standard InChI is InChI=1S/C12H18O4Si/c1-11(13)9-16-17(14-2,15-3)10-12-7-5-4-6-8-12/h4-8H,9-10H2,1-3H3. The Morgan fingerprint density at radius 2 is 1.76 bits per heavy atom. The zero-order valence-electron chi connectivity index (χ0n) is 10.4. The van der Waals surface area contributed by atoms with Gasteiger partial charge in [0.2, 0.25) is 0 Å². The molecule has 0 N–H and O–H groups in total. The van der Waals surface area contributed by atoms with Gasteiger partial charge in [0.15, 0.2) is 5.78 Å². The maximum absolute atomic E-state index is 11.0. The number of carbonyl (C=O) groups is 1. The fourth-order valence-corrected chi connectivity index (χ4v) is 3.41. The van der Waals surface area contributed by atoms with Gasteiger partial charge in [-0.05, 0) is 12.5 Å². The highest BCUT2D eigenvalue weighted by Gasteiger charge is 2.39. The Morgan fingerprint density at radius 1 is 1.18 bits per heavy atom. The van der Waals surface area contributed by atoms with Crippen LogP contribution < -0.4 is 0 Å². The van der Waals surface area contributed by atoms with E-state index in [1.165, 1.54) is 6.92 Å². The maximum atomic E-state index is 11.0. The van der Waals surface area contributed by atoms with Crippen molar-refractivity contribution in [3.63, 3.8) is 0 Å². The van der Waals surface area contributed by atoms with Gasteiger partial charge in [-0.25, -0.2) is 0 Å². The normalized spacial score (nSPS) is 11.5. The summed E-state index contributed by atoms with van der Waals surface area (Å²) in [5.41, 5.74) is 1.08. The highest BCUT2D eigenvalue weighted by atomic mass is 28.4. The van der Waals surface area contributed by atoms with Crippen LogP contribution in [-0.4, -0.2) is 35.4 Å². The van der Waals surface area contributed by atoms with Gasteiger partial charge in [-0.2, -0.15) is 0 Å². The first-order valence-corrected chi connectivity index (χ1v) is 7.32. The van der Waals surface area contributed by atoms with Crippen LogP contribution in [0.1, 0.15) is 12.5 Å². The smallest absolute Gasteiger partial charge is 0.377 e. The minimum atomic E-state index is -2.77. The second kappa shape index (κ2) is 6.66. The number of hydrogen-bond acceptors (Lipinski definition) is 4. The first kappa shape index (κ1) is 14.0. The molecule has 0 aromatic heterocycles. The van der Waals surface area contributed by atoms with Crippen molar-refractivity contribution in [2.24, 2.45) is 0 Å². The van der Waals surface area contributed by atoms with E-state index in [4.69, 9.17) is 13.3 Å². The molecule has 0 heterocycles. The molecule has 0 fully saturated rings. The Bertz CT molecular complexity index is 349. The number of rotatable bonds is 7. The highest BCUT2D eigenvalue weighted by molar-refractivity contribution is 6.60. The first-order chi connectivity index (χ1) is 8.12. The van der Waals surface area contributed by atoms with Crippen LogP contribution in [0.15, 0.2) is 30.3 Å². The highest BCUT2D eigenvalue weighted by Crippen LogP contribution is 2.15. The van der Waals surface area contributed by atoms with E-state index < -0.39 is 8.80 Å². The number of benzene rings is 1. The molecule has 0 unspecified atom stereocenters. The fourth-order valence-electron chi connectivity index (χ4n) is 1.45. The van der Waals surface area contributed by atoms with E-state index in [1.54, 1.807) is 14.2 Å². The van der Waals surface area contributed by atoms with Gasteiger partial charge in [-0.15, -0.1) is 0 Å². The Hall–Kier alpha value is -1.01. The summed E-state index contributed by atoms with van der Waals surface area (Å²) in [7, 11) is 0.341. The molecule has 1 aromatic rings. The molecule has 1 aromatic carbocycles. The van der Waals surface area contributed by atoms with Gasteiger partial charge in [-0.1, -0.05) is 30.3 Å². The lowest BCUT2D eigenvalue weighted by Crippen LogP contribution is -2.47. The number of hydrogen-bond donors (Lipinski definition) is 0. The van der Waals surface area contributed by atoms with Crippen LogP contribution in [0.5, 0.6) is 0 Å². The van der Waals surface area contributed by atoms with Crippen LogP contribution in [0, 0.1) is 0 Å². The van der Waals surface area contributed by atoms with Crippen LogP contribution in [-0.2, 0) is 24.1 Å². The van der Waals surface area contributed by atoms with E-state index in [0.717, 1.165) is 5.56 Å². The Balaban J connectivity index is 2.73. The molecule has 0 spiro atoms. The Morgan fingerprint density at radius 3 is 2.24 bits per heavy atom. The van der Waals surface area contributed by atoms with Crippen LogP contribution in [0.2, 0.25) is 0 Å². The zero-order valence-corrected chi connectivity index (χ0v) is 11.4. The molecule has 0 amide bonds.